The first-order chi connectivity index (χ1) is 17.0. The number of fused-ring (bicyclic) bond motifs is 5. The van der Waals surface area contributed by atoms with Gasteiger partial charge in [0.05, 0.1) is 31.1 Å². The predicted molar refractivity (Wildman–Crippen MR) is 131 cm³/mol. The van der Waals surface area contributed by atoms with Gasteiger partial charge >= 0.3 is 11.9 Å². The van der Waals surface area contributed by atoms with Gasteiger partial charge in [-0.25, -0.2) is 4.79 Å². The Morgan fingerprint density at radius 1 is 1.09 bits per heavy atom. The number of carboxylic acids is 1. The normalized spacial score (nSPS) is 12.3. The average molecular weight is 482 g/mol. The van der Waals surface area contributed by atoms with Crippen molar-refractivity contribution < 1.29 is 24.2 Å². The molecule has 0 radical (unpaired) electrons. The van der Waals surface area contributed by atoms with Crippen LogP contribution in [0.2, 0.25) is 0 Å². The van der Waals surface area contributed by atoms with E-state index >= 15 is 0 Å². The standard InChI is InChI=1S/C26H31N3O6/c1-2-34-23(31)12-7-5-3-4-6-8-15-35-22-11-9-10-18-24(22)27-29-14-13-28-17-19(26(32)33)21(30)16-20(28)25(18)29/h9-11,16-17H,2-8,12-15H2,1H3,(H,32,33). The van der Waals surface area contributed by atoms with E-state index in [1.54, 1.807) is 0 Å². The van der Waals surface area contributed by atoms with Gasteiger partial charge in [0.1, 0.15) is 16.8 Å². The van der Waals surface area contributed by atoms with Gasteiger partial charge in [0.2, 0.25) is 0 Å². The molecular formula is C26H31N3O6. The molecule has 1 aromatic carbocycles. The number of rotatable bonds is 12. The summed E-state index contributed by atoms with van der Waals surface area (Å²) in [6.07, 6.45) is 7.97. The minimum Gasteiger partial charge on any atom is -0.491 e. The number of pyridine rings is 1. The molecule has 9 nitrogen and oxygen atoms in total. The van der Waals surface area contributed by atoms with Gasteiger partial charge in [-0.15, -0.1) is 0 Å². The molecule has 3 heterocycles. The van der Waals surface area contributed by atoms with Gasteiger partial charge in [-0.2, -0.15) is 5.10 Å². The topological polar surface area (TPSA) is 113 Å². The van der Waals surface area contributed by atoms with E-state index in [0.717, 1.165) is 55.1 Å². The number of ether oxygens (including phenoxy) is 2. The van der Waals surface area contributed by atoms with Crippen molar-refractivity contribution in [3.63, 3.8) is 0 Å². The molecule has 0 atom stereocenters. The summed E-state index contributed by atoms with van der Waals surface area (Å²) in [6, 6.07) is 7.14. The zero-order valence-electron chi connectivity index (χ0n) is 20.0. The third-order valence-electron chi connectivity index (χ3n) is 6.22. The lowest BCUT2D eigenvalue weighted by atomic mass is 10.1. The van der Waals surface area contributed by atoms with Crippen LogP contribution in [0.1, 0.15) is 62.2 Å². The molecule has 9 heteroatoms. The molecule has 0 saturated carbocycles. The molecule has 3 aromatic rings. The first-order valence-corrected chi connectivity index (χ1v) is 12.3. The number of hydrogen-bond acceptors (Lipinski definition) is 6. The van der Waals surface area contributed by atoms with E-state index in [4.69, 9.17) is 14.6 Å². The fourth-order valence-electron chi connectivity index (χ4n) is 4.49. The molecule has 0 bridgehead atoms. The zero-order valence-corrected chi connectivity index (χ0v) is 20.0. The minimum atomic E-state index is -1.22. The number of esters is 1. The number of carbonyl (C=O) groups is 2. The Balaban J connectivity index is 1.35. The lowest BCUT2D eigenvalue weighted by molar-refractivity contribution is -0.143. The van der Waals surface area contributed by atoms with Gasteiger partial charge in [-0.1, -0.05) is 37.8 Å². The van der Waals surface area contributed by atoms with Crippen molar-refractivity contribution in [3.8, 4) is 17.1 Å². The molecule has 186 valence electrons. The number of carboxylic acid groups (broad SMARTS) is 1. The molecular weight excluding hydrogens is 450 g/mol. The molecule has 0 spiro atoms. The van der Waals surface area contributed by atoms with E-state index < -0.39 is 11.4 Å². The van der Waals surface area contributed by atoms with Crippen LogP contribution in [0.15, 0.2) is 35.3 Å². The number of nitrogens with zero attached hydrogens (tertiary/aromatic N) is 3. The molecule has 0 aliphatic carbocycles. The summed E-state index contributed by atoms with van der Waals surface area (Å²) in [7, 11) is 0. The molecule has 1 aliphatic rings. The SMILES string of the molecule is CCOC(=O)CCCCCCCCOc1cccc2c3n(nc12)CCn1cc(C(=O)O)c(=O)cc1-3. The third-order valence-corrected chi connectivity index (χ3v) is 6.22. The number of aromatic carboxylic acids is 1. The molecule has 0 unspecified atom stereocenters. The van der Waals surface area contributed by atoms with Crippen molar-refractivity contribution in [1.82, 2.24) is 14.3 Å². The van der Waals surface area contributed by atoms with Crippen LogP contribution in [0.3, 0.4) is 0 Å². The van der Waals surface area contributed by atoms with Crippen LogP contribution in [-0.2, 0) is 22.6 Å². The summed E-state index contributed by atoms with van der Waals surface area (Å²) < 4.78 is 14.7. The number of hydrogen-bond donors (Lipinski definition) is 1. The van der Waals surface area contributed by atoms with Crippen LogP contribution in [0.25, 0.3) is 22.3 Å². The van der Waals surface area contributed by atoms with Crippen molar-refractivity contribution >= 4 is 22.8 Å². The van der Waals surface area contributed by atoms with Crippen molar-refractivity contribution in [3.05, 3.63) is 46.2 Å². The van der Waals surface area contributed by atoms with Gasteiger partial charge < -0.3 is 19.1 Å². The largest absolute Gasteiger partial charge is 0.491 e. The van der Waals surface area contributed by atoms with Crippen LogP contribution >= 0.6 is 0 Å². The van der Waals surface area contributed by atoms with Gasteiger partial charge in [-0.05, 0) is 25.8 Å². The summed E-state index contributed by atoms with van der Waals surface area (Å²) in [5.74, 6) is -0.631. The maximum absolute atomic E-state index is 12.3. The number of aryl methyl sites for hydroxylation is 2. The Labute approximate surface area is 203 Å². The first-order valence-electron chi connectivity index (χ1n) is 12.3. The fraction of sp³-hybridized carbons (Fsp3) is 0.462. The van der Waals surface area contributed by atoms with Crippen molar-refractivity contribution in [2.45, 2.75) is 65.0 Å². The molecule has 0 fully saturated rings. The molecule has 35 heavy (non-hydrogen) atoms. The molecule has 0 saturated heterocycles. The summed E-state index contributed by atoms with van der Waals surface area (Å²) in [5.41, 5.74) is 1.46. The molecule has 1 aliphatic heterocycles. The second kappa shape index (κ2) is 11.2. The molecule has 1 N–H and O–H groups in total. The predicted octanol–water partition coefficient (Wildman–Crippen LogP) is 4.25. The Bertz CT molecular complexity index is 1280. The van der Waals surface area contributed by atoms with E-state index in [1.165, 1.54) is 12.3 Å². The van der Waals surface area contributed by atoms with Gasteiger partial charge in [-0.3, -0.25) is 14.3 Å². The van der Waals surface area contributed by atoms with Crippen molar-refractivity contribution in [1.29, 1.82) is 0 Å². The molecule has 0 amide bonds. The van der Waals surface area contributed by atoms with Crippen molar-refractivity contribution in [2.24, 2.45) is 0 Å². The fourth-order valence-corrected chi connectivity index (χ4v) is 4.49. The highest BCUT2D eigenvalue weighted by atomic mass is 16.5. The maximum Gasteiger partial charge on any atom is 0.341 e. The molecule has 2 aromatic heterocycles. The average Bonchev–Trinajstić information content (AvgIpc) is 3.22. The Morgan fingerprint density at radius 3 is 2.63 bits per heavy atom. The van der Waals surface area contributed by atoms with Crippen LogP contribution in [-0.4, -0.2) is 44.6 Å². The lowest BCUT2D eigenvalue weighted by Gasteiger charge is -2.21. The zero-order chi connectivity index (χ0) is 24.8. The highest BCUT2D eigenvalue weighted by Crippen LogP contribution is 2.35. The quantitative estimate of drug-likeness (QED) is 0.304. The summed E-state index contributed by atoms with van der Waals surface area (Å²) in [6.45, 7) is 3.96. The third kappa shape index (κ3) is 5.55. The van der Waals surface area contributed by atoms with Crippen LogP contribution in [0.4, 0.5) is 0 Å². The maximum atomic E-state index is 12.3. The Morgan fingerprint density at radius 2 is 1.86 bits per heavy atom. The van der Waals surface area contributed by atoms with Crippen molar-refractivity contribution in [2.75, 3.05) is 13.2 Å². The number of unbranched alkanes of at least 4 members (excludes halogenated alkanes) is 5. The van der Waals surface area contributed by atoms with Crippen LogP contribution in [0, 0.1) is 0 Å². The van der Waals surface area contributed by atoms with E-state index in [1.807, 2.05) is 34.4 Å². The number of carbonyl (C=O) groups excluding carboxylic acids is 1. The Kier molecular flexibility index (Phi) is 7.84. The highest BCUT2D eigenvalue weighted by Gasteiger charge is 2.24. The summed E-state index contributed by atoms with van der Waals surface area (Å²) in [4.78, 5) is 35.0. The van der Waals surface area contributed by atoms with E-state index in [9.17, 15) is 19.5 Å². The van der Waals surface area contributed by atoms with Crippen LogP contribution in [0.5, 0.6) is 5.75 Å². The van der Waals surface area contributed by atoms with Crippen LogP contribution < -0.4 is 10.2 Å². The second-order valence-corrected chi connectivity index (χ2v) is 8.68. The highest BCUT2D eigenvalue weighted by molar-refractivity contribution is 5.96. The summed E-state index contributed by atoms with van der Waals surface area (Å²) in [5, 5.41) is 14.9. The minimum absolute atomic E-state index is 0.114. The lowest BCUT2D eigenvalue weighted by Crippen LogP contribution is -2.24. The van der Waals surface area contributed by atoms with Gasteiger partial charge in [0.25, 0.3) is 0 Å². The first kappa shape index (κ1) is 24.5. The van der Waals surface area contributed by atoms with Gasteiger partial charge in [0.15, 0.2) is 5.43 Å². The monoisotopic (exact) mass is 481 g/mol. The van der Waals surface area contributed by atoms with E-state index in [0.29, 0.717) is 44.2 Å². The smallest absolute Gasteiger partial charge is 0.341 e. The molecule has 4 rings (SSSR count). The van der Waals surface area contributed by atoms with Gasteiger partial charge in [0, 0.05) is 30.6 Å². The number of aromatic nitrogens is 3. The number of benzene rings is 1. The Hall–Kier alpha value is -3.62. The summed E-state index contributed by atoms with van der Waals surface area (Å²) >= 11 is 0. The van der Waals surface area contributed by atoms with E-state index in [2.05, 4.69) is 0 Å². The second-order valence-electron chi connectivity index (χ2n) is 8.68. The van der Waals surface area contributed by atoms with E-state index in [-0.39, 0.29) is 11.5 Å².